The SMILES string of the molecule is Cc1ccc(N(CCNS(=O)(=O)c2ccccc2C)S(C)(=O)=O)cc1C. The third kappa shape index (κ3) is 4.84. The minimum absolute atomic E-state index is 0.00639. The summed E-state index contributed by atoms with van der Waals surface area (Å²) in [6.07, 6.45) is 1.11. The summed E-state index contributed by atoms with van der Waals surface area (Å²) in [6.45, 7) is 5.54. The molecule has 2 aromatic rings. The number of benzene rings is 2. The lowest BCUT2D eigenvalue weighted by Gasteiger charge is -2.23. The Morgan fingerprint density at radius 2 is 1.54 bits per heavy atom. The van der Waals surface area contributed by atoms with Gasteiger partial charge in [0.2, 0.25) is 20.0 Å². The Morgan fingerprint density at radius 3 is 2.12 bits per heavy atom. The maximum atomic E-state index is 12.4. The van der Waals surface area contributed by atoms with Crippen molar-refractivity contribution in [3.05, 3.63) is 59.2 Å². The fourth-order valence-corrected chi connectivity index (χ4v) is 4.77. The average Bonchev–Trinajstić information content (AvgIpc) is 2.53. The molecular formula is C18H24N2O4S2. The second-order valence-electron chi connectivity index (χ2n) is 6.27. The van der Waals surface area contributed by atoms with Crippen LogP contribution in [0.15, 0.2) is 47.4 Å². The molecule has 2 rings (SSSR count). The number of nitrogens with one attached hydrogen (secondary N) is 1. The topological polar surface area (TPSA) is 83.6 Å². The monoisotopic (exact) mass is 396 g/mol. The number of aryl methyl sites for hydroxylation is 3. The van der Waals surface area contributed by atoms with E-state index in [1.165, 1.54) is 10.4 Å². The zero-order valence-electron chi connectivity index (χ0n) is 15.4. The fraction of sp³-hybridized carbons (Fsp3) is 0.333. The zero-order chi connectivity index (χ0) is 19.5. The molecule has 0 spiro atoms. The highest BCUT2D eigenvalue weighted by Crippen LogP contribution is 2.21. The molecule has 0 aliphatic heterocycles. The molecule has 0 heterocycles. The van der Waals surface area contributed by atoms with E-state index in [1.54, 1.807) is 37.3 Å². The van der Waals surface area contributed by atoms with Gasteiger partial charge in [-0.25, -0.2) is 21.6 Å². The molecule has 142 valence electrons. The Bertz CT molecular complexity index is 1000. The van der Waals surface area contributed by atoms with Crippen LogP contribution < -0.4 is 9.03 Å². The minimum Gasteiger partial charge on any atom is -0.269 e. The lowest BCUT2D eigenvalue weighted by atomic mass is 10.1. The van der Waals surface area contributed by atoms with Gasteiger partial charge >= 0.3 is 0 Å². The molecule has 6 nitrogen and oxygen atoms in total. The van der Waals surface area contributed by atoms with Gasteiger partial charge in [-0.15, -0.1) is 0 Å². The van der Waals surface area contributed by atoms with Gasteiger partial charge in [-0.05, 0) is 55.7 Å². The molecule has 0 atom stereocenters. The minimum atomic E-state index is -3.70. The first-order valence-electron chi connectivity index (χ1n) is 8.12. The largest absolute Gasteiger partial charge is 0.269 e. The van der Waals surface area contributed by atoms with E-state index in [1.807, 2.05) is 19.9 Å². The lowest BCUT2D eigenvalue weighted by molar-refractivity contribution is 0.578. The van der Waals surface area contributed by atoms with Crippen LogP contribution in [0.25, 0.3) is 0 Å². The molecule has 1 N–H and O–H groups in total. The Hall–Kier alpha value is -1.90. The van der Waals surface area contributed by atoms with Gasteiger partial charge in [0.25, 0.3) is 0 Å². The summed E-state index contributed by atoms with van der Waals surface area (Å²) in [7, 11) is -7.24. The van der Waals surface area contributed by atoms with Crippen molar-refractivity contribution in [2.45, 2.75) is 25.7 Å². The molecule has 0 bridgehead atoms. The molecule has 0 radical (unpaired) electrons. The summed E-state index contributed by atoms with van der Waals surface area (Å²) in [5, 5.41) is 0. The molecule has 0 fully saturated rings. The van der Waals surface area contributed by atoms with E-state index >= 15 is 0 Å². The first kappa shape index (κ1) is 20.4. The van der Waals surface area contributed by atoms with Gasteiger partial charge in [0.05, 0.1) is 16.8 Å². The Kier molecular flexibility index (Phi) is 6.10. The highest BCUT2D eigenvalue weighted by molar-refractivity contribution is 7.92. The van der Waals surface area contributed by atoms with Gasteiger partial charge in [-0.2, -0.15) is 0 Å². The molecule has 0 aromatic heterocycles. The van der Waals surface area contributed by atoms with Crippen molar-refractivity contribution in [1.29, 1.82) is 0 Å². The molecule has 0 aliphatic carbocycles. The molecular weight excluding hydrogens is 372 g/mol. The van der Waals surface area contributed by atoms with Gasteiger partial charge in [0.15, 0.2) is 0 Å². The molecule has 0 aliphatic rings. The van der Waals surface area contributed by atoms with Crippen molar-refractivity contribution in [1.82, 2.24) is 4.72 Å². The van der Waals surface area contributed by atoms with Crippen LogP contribution in [0.1, 0.15) is 16.7 Å². The second-order valence-corrected chi connectivity index (χ2v) is 9.91. The van der Waals surface area contributed by atoms with Gasteiger partial charge in [-0.1, -0.05) is 24.3 Å². The van der Waals surface area contributed by atoms with E-state index in [9.17, 15) is 16.8 Å². The highest BCUT2D eigenvalue weighted by atomic mass is 32.2. The quantitative estimate of drug-likeness (QED) is 0.779. The Labute approximate surface area is 156 Å². The number of sulfonamides is 2. The predicted molar refractivity (Wildman–Crippen MR) is 104 cm³/mol. The average molecular weight is 397 g/mol. The van der Waals surface area contributed by atoms with Crippen molar-refractivity contribution >= 4 is 25.7 Å². The molecule has 2 aromatic carbocycles. The van der Waals surface area contributed by atoms with Crippen molar-refractivity contribution in [2.75, 3.05) is 23.7 Å². The summed E-state index contributed by atoms with van der Waals surface area (Å²) in [5.41, 5.74) is 3.18. The van der Waals surface area contributed by atoms with Gasteiger partial charge in [-0.3, -0.25) is 4.31 Å². The van der Waals surface area contributed by atoms with E-state index in [0.717, 1.165) is 17.4 Å². The van der Waals surface area contributed by atoms with Crippen molar-refractivity contribution in [2.24, 2.45) is 0 Å². The number of hydrogen-bond donors (Lipinski definition) is 1. The molecule has 0 saturated carbocycles. The van der Waals surface area contributed by atoms with Crippen LogP contribution in [-0.2, 0) is 20.0 Å². The van der Waals surface area contributed by atoms with E-state index in [4.69, 9.17) is 0 Å². The fourth-order valence-electron chi connectivity index (χ4n) is 2.58. The van der Waals surface area contributed by atoms with Gasteiger partial charge in [0.1, 0.15) is 0 Å². The summed E-state index contributed by atoms with van der Waals surface area (Å²) < 4.78 is 52.9. The number of hydrogen-bond acceptors (Lipinski definition) is 4. The van der Waals surface area contributed by atoms with E-state index in [0.29, 0.717) is 11.3 Å². The van der Waals surface area contributed by atoms with Crippen LogP contribution in [0.2, 0.25) is 0 Å². The van der Waals surface area contributed by atoms with Crippen LogP contribution in [0.3, 0.4) is 0 Å². The van der Waals surface area contributed by atoms with E-state index in [2.05, 4.69) is 4.72 Å². The maximum absolute atomic E-state index is 12.4. The molecule has 0 unspecified atom stereocenters. The Morgan fingerprint density at radius 1 is 0.885 bits per heavy atom. The summed E-state index contributed by atoms with van der Waals surface area (Å²) in [5.74, 6) is 0. The van der Waals surface area contributed by atoms with Crippen LogP contribution in [0, 0.1) is 20.8 Å². The number of anilines is 1. The standard InChI is InChI=1S/C18H24N2O4S2/c1-14-9-10-17(13-16(14)3)20(25(4,21)22)12-11-19-26(23,24)18-8-6-5-7-15(18)2/h5-10,13,19H,11-12H2,1-4H3. The number of rotatable bonds is 7. The van der Waals surface area contributed by atoms with Crippen LogP contribution >= 0.6 is 0 Å². The van der Waals surface area contributed by atoms with Gasteiger partial charge in [0, 0.05) is 13.1 Å². The molecule has 8 heteroatoms. The van der Waals surface area contributed by atoms with Crippen LogP contribution in [-0.4, -0.2) is 36.2 Å². The number of nitrogens with zero attached hydrogens (tertiary/aromatic N) is 1. The summed E-state index contributed by atoms with van der Waals surface area (Å²) in [4.78, 5) is 0.192. The van der Waals surface area contributed by atoms with Crippen molar-refractivity contribution < 1.29 is 16.8 Å². The molecule has 26 heavy (non-hydrogen) atoms. The van der Waals surface area contributed by atoms with Crippen LogP contribution in [0.5, 0.6) is 0 Å². The first-order chi connectivity index (χ1) is 12.0. The first-order valence-corrected chi connectivity index (χ1v) is 11.5. The molecule has 0 saturated heterocycles. The smallest absolute Gasteiger partial charge is 0.240 e. The molecule has 0 amide bonds. The summed E-state index contributed by atoms with van der Waals surface area (Å²) >= 11 is 0. The van der Waals surface area contributed by atoms with Crippen LogP contribution in [0.4, 0.5) is 5.69 Å². The third-order valence-electron chi connectivity index (χ3n) is 4.17. The van der Waals surface area contributed by atoms with E-state index < -0.39 is 20.0 Å². The lowest BCUT2D eigenvalue weighted by Crippen LogP contribution is -2.38. The highest BCUT2D eigenvalue weighted by Gasteiger charge is 2.20. The Balaban J connectivity index is 2.18. The maximum Gasteiger partial charge on any atom is 0.240 e. The van der Waals surface area contributed by atoms with E-state index in [-0.39, 0.29) is 18.0 Å². The predicted octanol–water partition coefficient (Wildman–Crippen LogP) is 2.36. The second kappa shape index (κ2) is 7.77. The third-order valence-corrected chi connectivity index (χ3v) is 6.98. The van der Waals surface area contributed by atoms with Gasteiger partial charge < -0.3 is 0 Å². The zero-order valence-corrected chi connectivity index (χ0v) is 17.0. The van der Waals surface area contributed by atoms with Crippen molar-refractivity contribution in [3.63, 3.8) is 0 Å². The van der Waals surface area contributed by atoms with Crippen molar-refractivity contribution in [3.8, 4) is 0 Å². The normalized spacial score (nSPS) is 12.2. The summed E-state index contributed by atoms with van der Waals surface area (Å²) in [6, 6.07) is 12.0.